The van der Waals surface area contributed by atoms with Crippen LogP contribution < -0.4 is 5.73 Å². The van der Waals surface area contributed by atoms with Crippen molar-refractivity contribution in [2.24, 2.45) is 11.7 Å². The minimum absolute atomic E-state index is 0.0191. The molecular formula is C10H19N3O2. The summed E-state index contributed by atoms with van der Waals surface area (Å²) in [5.41, 5.74) is 5.49. The molecule has 0 saturated carbocycles. The highest BCUT2D eigenvalue weighted by atomic mass is 16.2. The highest BCUT2D eigenvalue weighted by Crippen LogP contribution is 2.18. The topological polar surface area (TPSA) is 66.6 Å². The molecule has 2 atom stereocenters. The molecule has 2 N–H and O–H groups in total. The summed E-state index contributed by atoms with van der Waals surface area (Å²) < 4.78 is 0. The van der Waals surface area contributed by atoms with Crippen LogP contribution in [0.3, 0.4) is 0 Å². The number of nitrogens with two attached hydrogens (primary N) is 1. The largest absolute Gasteiger partial charge is 0.345 e. The molecule has 15 heavy (non-hydrogen) atoms. The number of likely N-dealkylation sites (tertiary alicyclic amines) is 1. The van der Waals surface area contributed by atoms with Crippen LogP contribution in [0.1, 0.15) is 13.3 Å². The van der Waals surface area contributed by atoms with E-state index in [0.717, 1.165) is 0 Å². The lowest BCUT2D eigenvalue weighted by molar-refractivity contribution is -0.136. The van der Waals surface area contributed by atoms with Gasteiger partial charge in [0.25, 0.3) is 0 Å². The first kappa shape index (κ1) is 12.0. The Kier molecular flexibility index (Phi) is 3.68. The first-order valence-electron chi connectivity index (χ1n) is 5.18. The first-order valence-corrected chi connectivity index (χ1v) is 5.18. The van der Waals surface area contributed by atoms with Crippen molar-refractivity contribution in [2.75, 3.05) is 27.2 Å². The summed E-state index contributed by atoms with van der Waals surface area (Å²) in [7, 11) is 3.46. The molecule has 2 unspecified atom stereocenters. The fourth-order valence-electron chi connectivity index (χ4n) is 1.69. The molecule has 1 fully saturated rings. The van der Waals surface area contributed by atoms with Crippen LogP contribution in [-0.4, -0.2) is 54.8 Å². The van der Waals surface area contributed by atoms with Crippen molar-refractivity contribution in [1.29, 1.82) is 0 Å². The number of carbonyl (C=O) groups is 2. The van der Waals surface area contributed by atoms with E-state index in [2.05, 4.69) is 0 Å². The SMILES string of the molecule is CC(CN)N(C)C(=O)C1CC(=O)N(C)C1. The summed E-state index contributed by atoms with van der Waals surface area (Å²) in [6.45, 7) is 2.87. The molecule has 5 heteroatoms. The molecule has 0 spiro atoms. The number of hydrogen-bond acceptors (Lipinski definition) is 3. The maximum absolute atomic E-state index is 11.9. The van der Waals surface area contributed by atoms with Gasteiger partial charge in [0.1, 0.15) is 0 Å². The number of amides is 2. The summed E-state index contributed by atoms with van der Waals surface area (Å²) in [5, 5.41) is 0. The Morgan fingerprint density at radius 1 is 1.73 bits per heavy atom. The molecule has 0 aromatic rings. The molecule has 0 aromatic heterocycles. The summed E-state index contributed by atoms with van der Waals surface area (Å²) in [5.74, 6) is -0.130. The lowest BCUT2D eigenvalue weighted by Crippen LogP contribution is -2.43. The van der Waals surface area contributed by atoms with Crippen LogP contribution in [0.2, 0.25) is 0 Å². The van der Waals surface area contributed by atoms with Crippen LogP contribution in [0.15, 0.2) is 0 Å². The second-order valence-electron chi connectivity index (χ2n) is 4.21. The van der Waals surface area contributed by atoms with E-state index < -0.39 is 0 Å². The summed E-state index contributed by atoms with van der Waals surface area (Å²) in [4.78, 5) is 26.4. The smallest absolute Gasteiger partial charge is 0.228 e. The van der Waals surface area contributed by atoms with Crippen LogP contribution >= 0.6 is 0 Å². The minimum Gasteiger partial charge on any atom is -0.345 e. The summed E-state index contributed by atoms with van der Waals surface area (Å²) >= 11 is 0. The van der Waals surface area contributed by atoms with Gasteiger partial charge in [0.05, 0.1) is 5.92 Å². The monoisotopic (exact) mass is 213 g/mol. The van der Waals surface area contributed by atoms with Gasteiger partial charge < -0.3 is 15.5 Å². The molecule has 2 amide bonds. The zero-order valence-electron chi connectivity index (χ0n) is 9.56. The number of carbonyl (C=O) groups excluding carboxylic acids is 2. The highest BCUT2D eigenvalue weighted by molar-refractivity contribution is 5.89. The molecule has 1 aliphatic heterocycles. The molecule has 0 aliphatic carbocycles. The van der Waals surface area contributed by atoms with Crippen molar-refractivity contribution in [1.82, 2.24) is 9.80 Å². The van der Waals surface area contributed by atoms with Crippen LogP contribution in [0.5, 0.6) is 0 Å². The van der Waals surface area contributed by atoms with Gasteiger partial charge in [-0.2, -0.15) is 0 Å². The van der Waals surface area contributed by atoms with Gasteiger partial charge in [0.15, 0.2) is 0 Å². The van der Waals surface area contributed by atoms with Crippen molar-refractivity contribution in [3.05, 3.63) is 0 Å². The Morgan fingerprint density at radius 2 is 2.33 bits per heavy atom. The average molecular weight is 213 g/mol. The Labute approximate surface area is 90.2 Å². The van der Waals surface area contributed by atoms with Crippen molar-refractivity contribution in [2.45, 2.75) is 19.4 Å². The lowest BCUT2D eigenvalue weighted by Gasteiger charge is -2.26. The molecule has 1 aliphatic rings. The maximum Gasteiger partial charge on any atom is 0.228 e. The molecule has 1 rings (SSSR count). The molecule has 5 nitrogen and oxygen atoms in total. The molecular weight excluding hydrogens is 194 g/mol. The molecule has 86 valence electrons. The molecule has 0 aromatic carbocycles. The van der Waals surface area contributed by atoms with Crippen molar-refractivity contribution < 1.29 is 9.59 Å². The third-order valence-electron chi connectivity index (χ3n) is 3.04. The van der Waals surface area contributed by atoms with Gasteiger partial charge in [-0.1, -0.05) is 0 Å². The van der Waals surface area contributed by atoms with Crippen LogP contribution in [0.4, 0.5) is 0 Å². The van der Waals surface area contributed by atoms with Crippen molar-refractivity contribution in [3.63, 3.8) is 0 Å². The third-order valence-corrected chi connectivity index (χ3v) is 3.04. The Balaban J connectivity index is 2.58. The van der Waals surface area contributed by atoms with Gasteiger partial charge in [-0.05, 0) is 6.92 Å². The quantitative estimate of drug-likeness (QED) is 0.672. The van der Waals surface area contributed by atoms with E-state index in [1.54, 1.807) is 23.9 Å². The average Bonchev–Trinajstić information content (AvgIpc) is 2.56. The normalized spacial score (nSPS) is 23.1. The summed E-state index contributed by atoms with van der Waals surface area (Å²) in [6, 6.07) is 0.0264. The second-order valence-corrected chi connectivity index (χ2v) is 4.21. The van der Waals surface area contributed by atoms with Crippen LogP contribution in [-0.2, 0) is 9.59 Å². The number of nitrogens with zero attached hydrogens (tertiary/aromatic N) is 2. The van der Waals surface area contributed by atoms with Gasteiger partial charge >= 0.3 is 0 Å². The Morgan fingerprint density at radius 3 is 2.73 bits per heavy atom. The highest BCUT2D eigenvalue weighted by Gasteiger charge is 2.34. The standard InChI is InChI=1S/C10H19N3O2/c1-7(5-11)13(3)10(15)8-4-9(14)12(2)6-8/h7-8H,4-6,11H2,1-3H3. The zero-order chi connectivity index (χ0) is 11.6. The zero-order valence-corrected chi connectivity index (χ0v) is 9.56. The fourth-order valence-corrected chi connectivity index (χ4v) is 1.69. The molecule has 1 heterocycles. The minimum atomic E-state index is -0.193. The van der Waals surface area contributed by atoms with Crippen LogP contribution in [0.25, 0.3) is 0 Å². The summed E-state index contributed by atoms with van der Waals surface area (Å²) in [6.07, 6.45) is 0.330. The molecule has 0 bridgehead atoms. The second kappa shape index (κ2) is 4.61. The number of likely N-dealkylation sites (N-methyl/N-ethyl adjacent to an activating group) is 1. The van der Waals surface area contributed by atoms with Crippen LogP contribution in [0, 0.1) is 5.92 Å². The third kappa shape index (κ3) is 2.47. The van der Waals surface area contributed by atoms with E-state index in [1.165, 1.54) is 0 Å². The number of rotatable bonds is 3. The Bertz CT molecular complexity index is 267. The first-order chi connectivity index (χ1) is 6.97. The van der Waals surface area contributed by atoms with E-state index in [0.29, 0.717) is 19.5 Å². The molecule has 1 saturated heterocycles. The number of hydrogen-bond donors (Lipinski definition) is 1. The fraction of sp³-hybridized carbons (Fsp3) is 0.800. The Hall–Kier alpha value is -1.10. The van der Waals surface area contributed by atoms with E-state index in [1.807, 2.05) is 6.92 Å². The molecule has 0 radical (unpaired) electrons. The lowest BCUT2D eigenvalue weighted by atomic mass is 10.1. The van der Waals surface area contributed by atoms with E-state index in [-0.39, 0.29) is 23.8 Å². The predicted molar refractivity (Wildman–Crippen MR) is 57.0 cm³/mol. The maximum atomic E-state index is 11.9. The predicted octanol–water partition coefficient (Wildman–Crippen LogP) is -0.730. The van der Waals surface area contributed by atoms with E-state index in [4.69, 9.17) is 5.73 Å². The van der Waals surface area contributed by atoms with Gasteiger partial charge in [-0.15, -0.1) is 0 Å². The van der Waals surface area contributed by atoms with Crippen molar-refractivity contribution >= 4 is 11.8 Å². The van der Waals surface area contributed by atoms with Gasteiger partial charge in [0.2, 0.25) is 11.8 Å². The van der Waals surface area contributed by atoms with Gasteiger partial charge in [0, 0.05) is 39.6 Å². The van der Waals surface area contributed by atoms with Gasteiger partial charge in [-0.25, -0.2) is 0 Å². The van der Waals surface area contributed by atoms with E-state index >= 15 is 0 Å². The van der Waals surface area contributed by atoms with Gasteiger partial charge in [-0.3, -0.25) is 9.59 Å². The van der Waals surface area contributed by atoms with E-state index in [9.17, 15) is 9.59 Å². The van der Waals surface area contributed by atoms with Crippen molar-refractivity contribution in [3.8, 4) is 0 Å².